The van der Waals surface area contributed by atoms with Gasteiger partial charge in [-0.2, -0.15) is 0 Å². The van der Waals surface area contributed by atoms with E-state index in [1.54, 1.807) is 25.1 Å². The molecule has 2 amide bonds. The van der Waals surface area contributed by atoms with Gasteiger partial charge in [0.05, 0.1) is 5.92 Å². The molecule has 0 saturated carbocycles. The van der Waals surface area contributed by atoms with Crippen molar-refractivity contribution < 1.29 is 22.8 Å². The van der Waals surface area contributed by atoms with Gasteiger partial charge in [-0.1, -0.05) is 0 Å². The summed E-state index contributed by atoms with van der Waals surface area (Å²) in [6.45, 7) is 1.93. The molecular formula is C19H15F2N3O3. The van der Waals surface area contributed by atoms with Gasteiger partial charge in [0.2, 0.25) is 11.8 Å². The van der Waals surface area contributed by atoms with E-state index >= 15 is 0 Å². The molecule has 1 N–H and O–H groups in total. The first-order chi connectivity index (χ1) is 12.9. The number of carbonyl (C=O) groups excluding carboxylic acids is 2. The van der Waals surface area contributed by atoms with Crippen LogP contribution in [0.15, 0.2) is 40.8 Å². The molecule has 0 bridgehead atoms. The van der Waals surface area contributed by atoms with Crippen molar-refractivity contribution in [1.82, 2.24) is 4.98 Å². The van der Waals surface area contributed by atoms with Crippen molar-refractivity contribution in [2.45, 2.75) is 13.3 Å². The summed E-state index contributed by atoms with van der Waals surface area (Å²) in [5.74, 6) is -2.73. The van der Waals surface area contributed by atoms with Gasteiger partial charge in [0.15, 0.2) is 23.1 Å². The number of aryl methyl sites for hydroxylation is 1. The van der Waals surface area contributed by atoms with E-state index in [1.807, 2.05) is 0 Å². The Kier molecular flexibility index (Phi) is 4.10. The summed E-state index contributed by atoms with van der Waals surface area (Å²) >= 11 is 0. The zero-order valence-corrected chi connectivity index (χ0v) is 14.3. The molecule has 0 unspecified atom stereocenters. The lowest BCUT2D eigenvalue weighted by molar-refractivity contribution is -0.122. The van der Waals surface area contributed by atoms with Crippen molar-refractivity contribution in [3.05, 3.63) is 53.9 Å². The van der Waals surface area contributed by atoms with E-state index in [-0.39, 0.29) is 24.6 Å². The summed E-state index contributed by atoms with van der Waals surface area (Å²) < 4.78 is 31.7. The fourth-order valence-electron chi connectivity index (χ4n) is 3.15. The van der Waals surface area contributed by atoms with E-state index < -0.39 is 23.5 Å². The van der Waals surface area contributed by atoms with Crippen LogP contribution >= 0.6 is 0 Å². The Bertz CT molecular complexity index is 1060. The third-order valence-electron chi connectivity index (χ3n) is 4.47. The summed E-state index contributed by atoms with van der Waals surface area (Å²) in [6, 6.07) is 8.31. The van der Waals surface area contributed by atoms with Crippen LogP contribution in [0, 0.1) is 24.5 Å². The molecule has 1 saturated heterocycles. The summed E-state index contributed by atoms with van der Waals surface area (Å²) in [6.07, 6.45) is 0.0331. The number of halogens is 2. The molecular weight excluding hydrogens is 356 g/mol. The van der Waals surface area contributed by atoms with Crippen molar-refractivity contribution >= 4 is 34.3 Å². The van der Waals surface area contributed by atoms with Gasteiger partial charge in [-0.15, -0.1) is 0 Å². The number of hydrogen-bond acceptors (Lipinski definition) is 4. The first-order valence-electron chi connectivity index (χ1n) is 8.34. The van der Waals surface area contributed by atoms with Crippen LogP contribution in [0.5, 0.6) is 0 Å². The molecule has 3 aromatic rings. The number of nitrogens with one attached hydrogen (secondary N) is 1. The minimum absolute atomic E-state index is 0.0331. The average molecular weight is 371 g/mol. The Balaban J connectivity index is 1.50. The molecule has 1 aliphatic heterocycles. The summed E-state index contributed by atoms with van der Waals surface area (Å²) in [7, 11) is 0. The molecule has 4 rings (SSSR count). The average Bonchev–Trinajstić information content (AvgIpc) is 3.19. The van der Waals surface area contributed by atoms with Gasteiger partial charge in [-0.3, -0.25) is 9.59 Å². The largest absolute Gasteiger partial charge is 0.441 e. The predicted molar refractivity (Wildman–Crippen MR) is 94.2 cm³/mol. The van der Waals surface area contributed by atoms with Crippen LogP contribution in [0.1, 0.15) is 12.3 Å². The second kappa shape index (κ2) is 6.46. The molecule has 2 heterocycles. The third-order valence-corrected chi connectivity index (χ3v) is 4.47. The number of fused-ring (bicyclic) bond motifs is 1. The minimum Gasteiger partial charge on any atom is -0.441 e. The van der Waals surface area contributed by atoms with Gasteiger partial charge < -0.3 is 14.6 Å². The van der Waals surface area contributed by atoms with Crippen LogP contribution < -0.4 is 10.2 Å². The van der Waals surface area contributed by atoms with Crippen molar-refractivity contribution in [3.63, 3.8) is 0 Å². The number of benzene rings is 2. The summed E-state index contributed by atoms with van der Waals surface area (Å²) in [5, 5.41) is 2.53. The fourth-order valence-corrected chi connectivity index (χ4v) is 3.15. The maximum atomic E-state index is 13.3. The van der Waals surface area contributed by atoms with Crippen LogP contribution in [0.25, 0.3) is 11.1 Å². The Morgan fingerprint density at radius 3 is 2.81 bits per heavy atom. The molecule has 1 aliphatic rings. The Morgan fingerprint density at radius 1 is 1.22 bits per heavy atom. The van der Waals surface area contributed by atoms with E-state index in [1.165, 1.54) is 11.0 Å². The van der Waals surface area contributed by atoms with Gasteiger partial charge in [-0.05, 0) is 30.3 Å². The predicted octanol–water partition coefficient (Wildman–Crippen LogP) is 3.41. The van der Waals surface area contributed by atoms with Crippen LogP contribution in [-0.4, -0.2) is 23.3 Å². The van der Waals surface area contributed by atoms with Crippen molar-refractivity contribution in [2.75, 3.05) is 16.8 Å². The molecule has 0 spiro atoms. The van der Waals surface area contributed by atoms with Crippen molar-refractivity contribution in [2.24, 2.45) is 5.92 Å². The van der Waals surface area contributed by atoms with E-state index in [9.17, 15) is 18.4 Å². The number of carbonyl (C=O) groups is 2. The van der Waals surface area contributed by atoms with Crippen LogP contribution in [0.4, 0.5) is 20.2 Å². The highest BCUT2D eigenvalue weighted by molar-refractivity contribution is 6.04. The Hall–Kier alpha value is -3.29. The number of hydrogen-bond donors (Lipinski definition) is 1. The normalized spacial score (nSPS) is 16.9. The third kappa shape index (κ3) is 3.25. The molecule has 0 aliphatic carbocycles. The highest BCUT2D eigenvalue weighted by Crippen LogP contribution is 2.29. The van der Waals surface area contributed by atoms with Gasteiger partial charge in [0, 0.05) is 37.3 Å². The SMILES string of the molecule is Cc1nc2cc(N3C[C@@H](C(=O)Nc4ccc(F)c(F)c4)CC3=O)ccc2o1. The molecule has 0 radical (unpaired) electrons. The second-order valence-electron chi connectivity index (χ2n) is 6.41. The monoisotopic (exact) mass is 371 g/mol. The number of oxazole rings is 1. The van der Waals surface area contributed by atoms with Gasteiger partial charge in [-0.25, -0.2) is 13.8 Å². The Morgan fingerprint density at radius 2 is 2.04 bits per heavy atom. The molecule has 2 aromatic carbocycles. The molecule has 27 heavy (non-hydrogen) atoms. The lowest BCUT2D eigenvalue weighted by atomic mass is 10.1. The maximum Gasteiger partial charge on any atom is 0.229 e. The molecule has 138 valence electrons. The van der Waals surface area contributed by atoms with E-state index in [0.29, 0.717) is 22.7 Å². The van der Waals surface area contributed by atoms with Gasteiger partial charge in [0.25, 0.3) is 0 Å². The molecule has 8 heteroatoms. The zero-order chi connectivity index (χ0) is 19.1. The quantitative estimate of drug-likeness (QED) is 0.766. The lowest BCUT2D eigenvalue weighted by Gasteiger charge is -2.16. The number of rotatable bonds is 3. The van der Waals surface area contributed by atoms with Crippen molar-refractivity contribution in [1.29, 1.82) is 0 Å². The molecule has 1 aromatic heterocycles. The Labute approximate surface area is 152 Å². The highest BCUT2D eigenvalue weighted by atomic mass is 19.2. The zero-order valence-electron chi connectivity index (χ0n) is 14.3. The van der Waals surface area contributed by atoms with Crippen LogP contribution in [-0.2, 0) is 9.59 Å². The van der Waals surface area contributed by atoms with E-state index in [4.69, 9.17) is 4.42 Å². The topological polar surface area (TPSA) is 75.4 Å². The van der Waals surface area contributed by atoms with Crippen molar-refractivity contribution in [3.8, 4) is 0 Å². The van der Waals surface area contributed by atoms with Gasteiger partial charge >= 0.3 is 0 Å². The second-order valence-corrected chi connectivity index (χ2v) is 6.41. The molecule has 1 atom stereocenters. The van der Waals surface area contributed by atoms with E-state index in [0.717, 1.165) is 12.1 Å². The smallest absolute Gasteiger partial charge is 0.229 e. The number of aromatic nitrogens is 1. The van der Waals surface area contributed by atoms with Crippen LogP contribution in [0.2, 0.25) is 0 Å². The summed E-state index contributed by atoms with van der Waals surface area (Å²) in [5.41, 5.74) is 2.02. The highest BCUT2D eigenvalue weighted by Gasteiger charge is 2.35. The summed E-state index contributed by atoms with van der Waals surface area (Å²) in [4.78, 5) is 30.5. The number of anilines is 2. The van der Waals surface area contributed by atoms with Gasteiger partial charge in [0.1, 0.15) is 5.52 Å². The van der Waals surface area contributed by atoms with Crippen LogP contribution in [0.3, 0.4) is 0 Å². The molecule has 1 fully saturated rings. The van der Waals surface area contributed by atoms with E-state index in [2.05, 4.69) is 10.3 Å². The lowest BCUT2D eigenvalue weighted by Crippen LogP contribution is -2.28. The first-order valence-corrected chi connectivity index (χ1v) is 8.34. The fraction of sp³-hybridized carbons (Fsp3) is 0.211. The maximum absolute atomic E-state index is 13.3. The minimum atomic E-state index is -1.05. The first kappa shape index (κ1) is 17.1. The number of amides is 2. The standard InChI is InChI=1S/C19H15F2N3O3/c1-10-22-16-8-13(3-5-17(16)27-10)24-9-11(6-18(24)25)19(26)23-12-2-4-14(20)15(21)7-12/h2-5,7-8,11H,6,9H2,1H3,(H,23,26)/t11-/m0/s1. The molecule has 6 nitrogen and oxygen atoms in total. The number of nitrogens with zero attached hydrogens (tertiary/aromatic N) is 2.